The maximum Gasteiger partial charge on any atom is 0.227 e. The molecule has 0 atom stereocenters. The van der Waals surface area contributed by atoms with Gasteiger partial charge in [0.1, 0.15) is 5.82 Å². The van der Waals surface area contributed by atoms with Gasteiger partial charge in [0.2, 0.25) is 5.91 Å². The van der Waals surface area contributed by atoms with E-state index in [1.807, 2.05) is 74.6 Å². The van der Waals surface area contributed by atoms with E-state index in [1.165, 1.54) is 0 Å². The van der Waals surface area contributed by atoms with Gasteiger partial charge in [-0.1, -0.05) is 18.2 Å². The average molecular weight is 468 g/mol. The summed E-state index contributed by atoms with van der Waals surface area (Å²) in [6, 6.07) is 17.7. The number of carbonyl (C=O) groups is 1. The van der Waals surface area contributed by atoms with Crippen molar-refractivity contribution in [2.75, 3.05) is 23.3 Å². The summed E-state index contributed by atoms with van der Waals surface area (Å²) < 4.78 is 0. The summed E-state index contributed by atoms with van der Waals surface area (Å²) in [6.07, 6.45) is 4.10. The topological polar surface area (TPSA) is 99.7 Å². The van der Waals surface area contributed by atoms with Crippen LogP contribution in [0.15, 0.2) is 60.8 Å². The number of aromatic nitrogens is 5. The SMILES string of the molecule is Cc1cc(Cc2cc(C)[nH]n2)nc(-c2ccc(N3CCC(C(=O)Nc4ccccc4)CC3)nc2)n1. The summed E-state index contributed by atoms with van der Waals surface area (Å²) in [4.78, 5) is 28.9. The lowest BCUT2D eigenvalue weighted by Gasteiger charge is -2.32. The van der Waals surface area contributed by atoms with Crippen LogP contribution in [0.2, 0.25) is 0 Å². The van der Waals surface area contributed by atoms with Crippen molar-refractivity contribution in [3.8, 4) is 11.4 Å². The van der Waals surface area contributed by atoms with E-state index in [4.69, 9.17) is 9.97 Å². The van der Waals surface area contributed by atoms with Crippen molar-refractivity contribution < 1.29 is 4.79 Å². The second-order valence-electron chi connectivity index (χ2n) is 9.07. The quantitative estimate of drug-likeness (QED) is 0.438. The minimum Gasteiger partial charge on any atom is -0.357 e. The number of benzene rings is 1. The van der Waals surface area contributed by atoms with Crippen LogP contribution >= 0.6 is 0 Å². The molecule has 5 rings (SSSR count). The number of pyridine rings is 1. The lowest BCUT2D eigenvalue weighted by Crippen LogP contribution is -2.38. The number of carbonyl (C=O) groups excluding carboxylic acids is 1. The molecule has 4 heterocycles. The molecular formula is C27H29N7O. The summed E-state index contributed by atoms with van der Waals surface area (Å²) in [7, 11) is 0. The Labute approximate surface area is 204 Å². The van der Waals surface area contributed by atoms with E-state index in [1.54, 1.807) is 0 Å². The molecular weight excluding hydrogens is 438 g/mol. The third kappa shape index (κ3) is 5.54. The number of nitrogens with one attached hydrogen (secondary N) is 2. The number of nitrogens with zero attached hydrogens (tertiary/aromatic N) is 5. The highest BCUT2D eigenvalue weighted by Crippen LogP contribution is 2.25. The Morgan fingerprint density at radius 2 is 1.83 bits per heavy atom. The zero-order valence-corrected chi connectivity index (χ0v) is 20.0. The van der Waals surface area contributed by atoms with Gasteiger partial charge >= 0.3 is 0 Å². The van der Waals surface area contributed by atoms with Gasteiger partial charge in [-0.2, -0.15) is 5.10 Å². The molecule has 0 spiro atoms. The van der Waals surface area contributed by atoms with E-state index >= 15 is 0 Å². The highest BCUT2D eigenvalue weighted by Gasteiger charge is 2.25. The van der Waals surface area contributed by atoms with Crippen molar-refractivity contribution in [3.05, 3.63) is 83.6 Å². The van der Waals surface area contributed by atoms with E-state index in [0.717, 1.165) is 65.8 Å². The number of aryl methyl sites for hydroxylation is 2. The van der Waals surface area contributed by atoms with E-state index in [2.05, 4.69) is 25.4 Å². The molecule has 0 radical (unpaired) electrons. The Bertz CT molecular complexity index is 1290. The van der Waals surface area contributed by atoms with Crippen LogP contribution in [0.25, 0.3) is 11.4 Å². The molecule has 1 amide bonds. The number of H-pyrrole nitrogens is 1. The van der Waals surface area contributed by atoms with Crippen LogP contribution in [-0.2, 0) is 11.2 Å². The lowest BCUT2D eigenvalue weighted by molar-refractivity contribution is -0.120. The van der Waals surface area contributed by atoms with Crippen LogP contribution in [0, 0.1) is 19.8 Å². The number of hydrogen-bond acceptors (Lipinski definition) is 6. The van der Waals surface area contributed by atoms with Crippen LogP contribution in [0.1, 0.15) is 35.6 Å². The zero-order valence-electron chi connectivity index (χ0n) is 20.0. The Morgan fingerprint density at radius 1 is 1.03 bits per heavy atom. The minimum absolute atomic E-state index is 0.0168. The van der Waals surface area contributed by atoms with Gasteiger partial charge in [-0.05, 0) is 63.1 Å². The van der Waals surface area contributed by atoms with Crippen LogP contribution < -0.4 is 10.2 Å². The summed E-state index contributed by atoms with van der Waals surface area (Å²) in [5, 5.41) is 10.3. The number of aromatic amines is 1. The van der Waals surface area contributed by atoms with Gasteiger partial charge < -0.3 is 10.2 Å². The summed E-state index contributed by atoms with van der Waals surface area (Å²) >= 11 is 0. The molecule has 8 heteroatoms. The predicted octanol–water partition coefficient (Wildman–Crippen LogP) is 4.32. The number of amides is 1. The Balaban J connectivity index is 1.21. The smallest absolute Gasteiger partial charge is 0.227 e. The standard InChI is InChI=1S/C27H29N7O/c1-18-14-23(16-24-15-19(2)32-33-24)30-26(29-18)21-8-9-25(28-17-21)34-12-10-20(11-13-34)27(35)31-22-6-4-3-5-7-22/h3-9,14-15,17,20H,10-13,16H2,1-2H3,(H,31,35)(H,32,33). The second-order valence-corrected chi connectivity index (χ2v) is 9.07. The maximum absolute atomic E-state index is 12.6. The highest BCUT2D eigenvalue weighted by molar-refractivity contribution is 5.92. The van der Waals surface area contributed by atoms with Gasteiger partial charge in [-0.3, -0.25) is 9.89 Å². The fourth-order valence-corrected chi connectivity index (χ4v) is 4.45. The number of piperidine rings is 1. The highest BCUT2D eigenvalue weighted by atomic mass is 16.1. The molecule has 1 saturated heterocycles. The van der Waals surface area contributed by atoms with Crippen molar-refractivity contribution in [2.45, 2.75) is 33.1 Å². The fourth-order valence-electron chi connectivity index (χ4n) is 4.45. The molecule has 1 aliphatic rings. The number of anilines is 2. The third-order valence-corrected chi connectivity index (χ3v) is 6.27. The summed E-state index contributed by atoms with van der Waals surface area (Å²) in [5.41, 5.74) is 5.57. The minimum atomic E-state index is 0.0168. The molecule has 0 bridgehead atoms. The average Bonchev–Trinajstić information content (AvgIpc) is 3.28. The molecule has 0 unspecified atom stereocenters. The third-order valence-electron chi connectivity index (χ3n) is 6.27. The van der Waals surface area contributed by atoms with Gasteiger partial charge in [0.05, 0.1) is 11.4 Å². The summed E-state index contributed by atoms with van der Waals surface area (Å²) in [5.74, 6) is 1.69. The van der Waals surface area contributed by atoms with Gasteiger partial charge in [0.15, 0.2) is 5.82 Å². The van der Waals surface area contributed by atoms with E-state index in [0.29, 0.717) is 12.2 Å². The first kappa shape index (κ1) is 22.7. The summed E-state index contributed by atoms with van der Waals surface area (Å²) in [6.45, 7) is 5.56. The molecule has 178 valence electrons. The van der Waals surface area contributed by atoms with E-state index < -0.39 is 0 Å². The first-order valence-corrected chi connectivity index (χ1v) is 12.0. The monoisotopic (exact) mass is 467 g/mol. The molecule has 0 saturated carbocycles. The van der Waals surface area contributed by atoms with Gasteiger partial charge in [-0.15, -0.1) is 0 Å². The molecule has 0 aliphatic carbocycles. The van der Waals surface area contributed by atoms with Crippen LogP contribution in [0.4, 0.5) is 11.5 Å². The van der Waals surface area contributed by atoms with Crippen molar-refractivity contribution >= 4 is 17.4 Å². The van der Waals surface area contributed by atoms with Crippen LogP contribution in [0.5, 0.6) is 0 Å². The van der Waals surface area contributed by atoms with Crippen molar-refractivity contribution in [1.29, 1.82) is 0 Å². The van der Waals surface area contributed by atoms with Crippen molar-refractivity contribution in [2.24, 2.45) is 5.92 Å². The number of hydrogen-bond donors (Lipinski definition) is 2. The maximum atomic E-state index is 12.6. The first-order chi connectivity index (χ1) is 17.0. The molecule has 1 aromatic carbocycles. The van der Waals surface area contributed by atoms with Gasteiger partial charge in [0.25, 0.3) is 0 Å². The Kier molecular flexibility index (Phi) is 6.52. The molecule has 1 aliphatic heterocycles. The van der Waals surface area contributed by atoms with Crippen LogP contribution in [-0.4, -0.2) is 44.1 Å². The van der Waals surface area contributed by atoms with Crippen molar-refractivity contribution in [1.82, 2.24) is 25.1 Å². The van der Waals surface area contributed by atoms with Gasteiger partial charge in [-0.25, -0.2) is 15.0 Å². The van der Waals surface area contributed by atoms with Crippen LogP contribution in [0.3, 0.4) is 0 Å². The first-order valence-electron chi connectivity index (χ1n) is 12.0. The Morgan fingerprint density at radius 3 is 2.51 bits per heavy atom. The molecule has 8 nitrogen and oxygen atoms in total. The molecule has 1 fully saturated rings. The molecule has 35 heavy (non-hydrogen) atoms. The molecule has 3 aromatic heterocycles. The zero-order chi connectivity index (χ0) is 24.2. The van der Waals surface area contributed by atoms with E-state index in [9.17, 15) is 4.79 Å². The lowest BCUT2D eigenvalue weighted by atomic mass is 9.95. The van der Waals surface area contributed by atoms with Crippen molar-refractivity contribution in [3.63, 3.8) is 0 Å². The van der Waals surface area contributed by atoms with E-state index in [-0.39, 0.29) is 11.8 Å². The fraction of sp³-hybridized carbons (Fsp3) is 0.296. The van der Waals surface area contributed by atoms with Gasteiger partial charge in [0, 0.05) is 54.3 Å². The normalized spacial score (nSPS) is 14.2. The number of para-hydroxylation sites is 1. The Hall–Kier alpha value is -4.07. The number of rotatable bonds is 6. The predicted molar refractivity (Wildman–Crippen MR) is 136 cm³/mol. The largest absolute Gasteiger partial charge is 0.357 e. The molecule has 2 N–H and O–H groups in total. The second kappa shape index (κ2) is 10.0. The molecule has 4 aromatic rings.